The van der Waals surface area contributed by atoms with E-state index in [2.05, 4.69) is 0 Å². The van der Waals surface area contributed by atoms with E-state index in [1.54, 1.807) is 0 Å². The van der Waals surface area contributed by atoms with Gasteiger partial charge in [-0.1, -0.05) is 0 Å². The fourth-order valence-electron chi connectivity index (χ4n) is 1.11. The van der Waals surface area contributed by atoms with Crippen molar-refractivity contribution in [2.24, 2.45) is 0 Å². The fraction of sp³-hybridized carbons (Fsp3) is 1.00. The molecule has 0 aliphatic rings. The van der Waals surface area contributed by atoms with E-state index in [4.69, 9.17) is 5.11 Å². The van der Waals surface area contributed by atoms with Crippen LogP contribution in [-0.4, -0.2) is 43.6 Å². The van der Waals surface area contributed by atoms with Crippen molar-refractivity contribution in [3.63, 3.8) is 0 Å². The van der Waals surface area contributed by atoms with Gasteiger partial charge in [0.25, 0.3) is 0 Å². The monoisotopic (exact) mass is 198 g/mol. The minimum Gasteiger partial charge on any atom is -0.448 e. The molecule has 0 unspecified atom stereocenters. The third-order valence-corrected chi connectivity index (χ3v) is 1.72. The first-order valence-corrected chi connectivity index (χ1v) is 4.46. The highest BCUT2D eigenvalue weighted by molar-refractivity contribution is 6.58. The van der Waals surface area contributed by atoms with Gasteiger partial charge in [-0.05, 0) is 39.3 Å². The lowest BCUT2D eigenvalue weighted by atomic mass is 9.91. The van der Waals surface area contributed by atoms with Gasteiger partial charge >= 0.3 is 6.98 Å². The van der Waals surface area contributed by atoms with Gasteiger partial charge in [0.05, 0.1) is 0 Å². The number of unbranched alkanes of at least 4 members (excludes halogenated alkanes) is 2. The molecule has 6 heteroatoms. The van der Waals surface area contributed by atoms with Gasteiger partial charge in [-0.2, -0.15) is 0 Å². The third-order valence-electron chi connectivity index (χ3n) is 1.72. The Morgan fingerprint density at radius 3 is 2.23 bits per heavy atom. The number of rotatable bonds is 7. The molecule has 0 saturated heterocycles. The second-order valence-corrected chi connectivity index (χ2v) is 3.26. The maximum Gasteiger partial charge on any atom is 0.492 e. The molecule has 0 aliphatic carbocycles. The van der Waals surface area contributed by atoms with Crippen LogP contribution >= 0.6 is 0 Å². The van der Waals surface area contributed by atoms with Gasteiger partial charge in [0.15, 0.2) is 0 Å². The van der Waals surface area contributed by atoms with Gasteiger partial charge in [-0.3, -0.25) is 0 Å². The lowest BCUT2D eigenvalue weighted by Gasteiger charge is -2.23. The minimum atomic E-state index is -4.69. The zero-order chi connectivity index (χ0) is 10.3. The molecule has 0 radical (unpaired) electrons. The number of hydrogen-bond acceptors (Lipinski definition) is 2. The smallest absolute Gasteiger partial charge is 0.448 e. The van der Waals surface area contributed by atoms with E-state index >= 15 is 0 Å². The number of hydrogen-bond donors (Lipinski definition) is 1. The van der Waals surface area contributed by atoms with E-state index in [-0.39, 0.29) is 6.61 Å². The van der Waals surface area contributed by atoms with Gasteiger partial charge in [0.2, 0.25) is 0 Å². The minimum absolute atomic E-state index is 0.118. The van der Waals surface area contributed by atoms with Gasteiger partial charge in [-0.25, -0.2) is 0 Å². The van der Waals surface area contributed by atoms with Crippen molar-refractivity contribution < 1.29 is 18.1 Å². The Morgan fingerprint density at radius 2 is 1.77 bits per heavy atom. The molecule has 2 nitrogen and oxygen atoms in total. The zero-order valence-electron chi connectivity index (χ0n) is 7.85. The van der Waals surface area contributed by atoms with Crippen LogP contribution in [-0.2, 0) is 0 Å². The Labute approximate surface area is 76.8 Å². The Balaban J connectivity index is 3.35. The summed E-state index contributed by atoms with van der Waals surface area (Å²) in [7, 11) is 1.47. The van der Waals surface area contributed by atoms with Crippen LogP contribution in [0, 0.1) is 0 Å². The van der Waals surface area contributed by atoms with E-state index < -0.39 is 13.4 Å². The first-order valence-electron chi connectivity index (χ1n) is 4.46. The van der Waals surface area contributed by atoms with Crippen LogP contribution in [0.5, 0.6) is 0 Å². The Kier molecular flexibility index (Phi) is 6.15. The van der Waals surface area contributed by atoms with Crippen LogP contribution in [0.4, 0.5) is 12.9 Å². The van der Waals surface area contributed by atoms with Crippen LogP contribution in [0.2, 0.25) is 0 Å². The number of halogens is 3. The van der Waals surface area contributed by atoms with Gasteiger partial charge in [0, 0.05) is 6.61 Å². The van der Waals surface area contributed by atoms with E-state index in [1.807, 2.05) is 0 Å². The Hall–Kier alpha value is -0.225. The standard InChI is InChI=1S/C7H16BF3NO/c1-12(7-8(9,10)11)5-3-2-4-6-13/h13H,2-7H2,1H3/q-1. The SMILES string of the molecule is CN(CCCCCO)C[B-](F)(F)F. The van der Waals surface area contributed by atoms with E-state index in [0.29, 0.717) is 19.4 Å². The molecule has 0 spiro atoms. The highest BCUT2D eigenvalue weighted by Crippen LogP contribution is 2.09. The summed E-state index contributed by atoms with van der Waals surface area (Å²) in [4.78, 5) is 1.28. The van der Waals surface area contributed by atoms with Crippen molar-refractivity contribution in [2.75, 3.05) is 26.6 Å². The molecule has 80 valence electrons. The lowest BCUT2D eigenvalue weighted by Crippen LogP contribution is -2.35. The molecule has 0 aliphatic heterocycles. The molecular weight excluding hydrogens is 182 g/mol. The largest absolute Gasteiger partial charge is 0.492 e. The second-order valence-electron chi connectivity index (χ2n) is 3.26. The highest BCUT2D eigenvalue weighted by Gasteiger charge is 2.24. The van der Waals surface area contributed by atoms with Gasteiger partial charge < -0.3 is 23.0 Å². The average Bonchev–Trinajstić information content (AvgIpc) is 1.94. The summed E-state index contributed by atoms with van der Waals surface area (Å²) in [6.45, 7) is -4.13. The summed E-state index contributed by atoms with van der Waals surface area (Å²) >= 11 is 0. The first kappa shape index (κ1) is 12.8. The van der Waals surface area contributed by atoms with Crippen LogP contribution in [0.3, 0.4) is 0 Å². The normalized spacial score (nSPS) is 12.5. The highest BCUT2D eigenvalue weighted by atomic mass is 19.4. The molecule has 0 aromatic carbocycles. The summed E-state index contributed by atoms with van der Waals surface area (Å²) in [5.41, 5.74) is 0. The van der Waals surface area contributed by atoms with Crippen molar-refractivity contribution in [2.45, 2.75) is 19.3 Å². The zero-order valence-corrected chi connectivity index (χ0v) is 7.85. The van der Waals surface area contributed by atoms with Crippen molar-refractivity contribution in [1.29, 1.82) is 0 Å². The quantitative estimate of drug-likeness (QED) is 0.494. The molecular formula is C7H16BF3NO-. The van der Waals surface area contributed by atoms with Crippen LogP contribution in [0.15, 0.2) is 0 Å². The van der Waals surface area contributed by atoms with Crippen LogP contribution in [0.1, 0.15) is 19.3 Å². The van der Waals surface area contributed by atoms with E-state index in [9.17, 15) is 12.9 Å². The van der Waals surface area contributed by atoms with Gasteiger partial charge in [0.1, 0.15) is 0 Å². The average molecular weight is 198 g/mol. The van der Waals surface area contributed by atoms with Crippen molar-refractivity contribution in [1.82, 2.24) is 4.90 Å². The van der Waals surface area contributed by atoms with Crippen LogP contribution < -0.4 is 0 Å². The molecule has 0 rings (SSSR count). The molecule has 0 heterocycles. The molecule has 0 bridgehead atoms. The van der Waals surface area contributed by atoms with E-state index in [0.717, 1.165) is 6.42 Å². The predicted octanol–water partition coefficient (Wildman–Crippen LogP) is 1.47. The molecule has 0 aromatic heterocycles. The summed E-state index contributed by atoms with van der Waals surface area (Å²) in [6, 6.07) is 0. The molecule has 13 heavy (non-hydrogen) atoms. The number of aliphatic hydroxyl groups excluding tert-OH is 1. The predicted molar refractivity (Wildman–Crippen MR) is 47.5 cm³/mol. The van der Waals surface area contributed by atoms with Crippen molar-refractivity contribution in [3.05, 3.63) is 0 Å². The second kappa shape index (κ2) is 6.26. The number of aliphatic hydroxyl groups is 1. The molecule has 0 amide bonds. The topological polar surface area (TPSA) is 23.5 Å². The van der Waals surface area contributed by atoms with Crippen LogP contribution in [0.25, 0.3) is 0 Å². The van der Waals surface area contributed by atoms with Gasteiger partial charge in [-0.15, -0.1) is 0 Å². The summed E-state index contributed by atoms with van der Waals surface area (Å²) in [5, 5.41) is 8.43. The summed E-state index contributed by atoms with van der Waals surface area (Å²) in [5.74, 6) is 0. The van der Waals surface area contributed by atoms with Crippen molar-refractivity contribution in [3.8, 4) is 0 Å². The third kappa shape index (κ3) is 9.69. The first-order chi connectivity index (χ1) is 5.95. The molecule has 0 saturated carbocycles. The lowest BCUT2D eigenvalue weighted by molar-refractivity contribution is 0.273. The molecule has 0 fully saturated rings. The molecule has 0 atom stereocenters. The fourth-order valence-corrected chi connectivity index (χ4v) is 1.11. The molecule has 1 N–H and O–H groups in total. The Morgan fingerprint density at radius 1 is 1.15 bits per heavy atom. The summed E-state index contributed by atoms with van der Waals surface area (Å²) < 4.78 is 35.6. The van der Waals surface area contributed by atoms with E-state index in [1.165, 1.54) is 11.9 Å². The Bertz CT molecular complexity index is 131. The number of nitrogens with zero attached hydrogens (tertiary/aromatic N) is 1. The maximum absolute atomic E-state index is 11.9. The molecule has 0 aromatic rings. The summed E-state index contributed by atoms with van der Waals surface area (Å²) in [6.07, 6.45) is 1.37. The maximum atomic E-state index is 11.9. The van der Waals surface area contributed by atoms with Crippen molar-refractivity contribution >= 4 is 6.98 Å².